The van der Waals surface area contributed by atoms with Crippen molar-refractivity contribution in [3.63, 3.8) is 0 Å². The lowest BCUT2D eigenvalue weighted by Gasteiger charge is -2.06. The molecule has 3 aromatic rings. The fraction of sp³-hybridized carbons (Fsp3) is 0.176. The number of carbonyl (C=O) groups excluding carboxylic acids is 1. The molecule has 2 aromatic heterocycles. The number of hydrogen-bond acceptors (Lipinski definition) is 4. The number of hydrogen-bond donors (Lipinski definition) is 2. The first kappa shape index (κ1) is 16.1. The summed E-state index contributed by atoms with van der Waals surface area (Å²) in [5.74, 6) is 0.264. The number of nitrogens with one attached hydrogen (secondary N) is 2. The molecule has 2 N–H and O–H groups in total. The number of aromatic nitrogens is 3. The first-order chi connectivity index (χ1) is 11.6. The first-order valence-corrected chi connectivity index (χ1v) is 7.85. The third-order valence-electron chi connectivity index (χ3n) is 3.54. The maximum atomic E-state index is 11.9. The van der Waals surface area contributed by atoms with Gasteiger partial charge in [-0.25, -0.2) is 9.97 Å². The van der Waals surface area contributed by atoms with Crippen LogP contribution in [0.3, 0.4) is 0 Å². The van der Waals surface area contributed by atoms with Gasteiger partial charge in [-0.2, -0.15) is 0 Å². The monoisotopic (exact) mass is 342 g/mol. The number of aryl methyl sites for hydroxylation is 1. The van der Waals surface area contributed by atoms with Crippen molar-refractivity contribution >= 4 is 28.5 Å². The Kier molecular flexibility index (Phi) is 4.86. The van der Waals surface area contributed by atoms with Crippen molar-refractivity contribution in [2.75, 3.05) is 0 Å². The highest BCUT2D eigenvalue weighted by Crippen LogP contribution is 2.11. The van der Waals surface area contributed by atoms with Crippen LogP contribution in [0.2, 0.25) is 5.02 Å². The zero-order valence-corrected chi connectivity index (χ0v) is 13.5. The molecule has 0 unspecified atom stereocenters. The van der Waals surface area contributed by atoms with Gasteiger partial charge in [0.1, 0.15) is 5.82 Å². The lowest BCUT2D eigenvalue weighted by Crippen LogP contribution is -2.25. The SMILES string of the molecule is O=C(CCc1ccc(Cl)cc1)NCc1nc2ncccc2c(=O)[nH]1. The van der Waals surface area contributed by atoms with Gasteiger partial charge in [-0.1, -0.05) is 23.7 Å². The molecule has 0 spiro atoms. The first-order valence-electron chi connectivity index (χ1n) is 7.47. The number of aromatic amines is 1. The number of carbonyl (C=O) groups is 1. The second-order valence-electron chi connectivity index (χ2n) is 5.29. The smallest absolute Gasteiger partial charge is 0.260 e. The van der Waals surface area contributed by atoms with Crippen LogP contribution in [0.15, 0.2) is 47.4 Å². The van der Waals surface area contributed by atoms with Gasteiger partial charge in [-0.05, 0) is 36.2 Å². The van der Waals surface area contributed by atoms with Crippen LogP contribution in [0.1, 0.15) is 17.8 Å². The number of H-pyrrole nitrogens is 1. The zero-order valence-electron chi connectivity index (χ0n) is 12.8. The number of benzene rings is 1. The molecular formula is C17H15ClN4O2. The molecule has 2 heterocycles. The summed E-state index contributed by atoms with van der Waals surface area (Å²) in [6, 6.07) is 10.7. The zero-order chi connectivity index (χ0) is 16.9. The summed E-state index contributed by atoms with van der Waals surface area (Å²) in [6.45, 7) is 0.154. The third kappa shape index (κ3) is 3.97. The van der Waals surface area contributed by atoms with Gasteiger partial charge in [0.25, 0.3) is 5.56 Å². The van der Waals surface area contributed by atoms with Gasteiger partial charge in [0.05, 0.1) is 11.9 Å². The van der Waals surface area contributed by atoms with E-state index in [0.717, 1.165) is 5.56 Å². The maximum absolute atomic E-state index is 11.9. The molecule has 6 nitrogen and oxygen atoms in total. The second-order valence-corrected chi connectivity index (χ2v) is 5.73. The van der Waals surface area contributed by atoms with Gasteiger partial charge in [0.2, 0.25) is 5.91 Å². The quantitative estimate of drug-likeness (QED) is 0.744. The van der Waals surface area contributed by atoms with Gasteiger partial charge < -0.3 is 10.3 Å². The predicted molar refractivity (Wildman–Crippen MR) is 91.8 cm³/mol. The van der Waals surface area contributed by atoms with Crippen LogP contribution in [0.5, 0.6) is 0 Å². The number of rotatable bonds is 5. The minimum absolute atomic E-state index is 0.117. The van der Waals surface area contributed by atoms with Crippen molar-refractivity contribution < 1.29 is 4.79 Å². The number of halogens is 1. The van der Waals surface area contributed by atoms with Crippen molar-refractivity contribution in [2.24, 2.45) is 0 Å². The van der Waals surface area contributed by atoms with Crippen LogP contribution in [-0.4, -0.2) is 20.9 Å². The molecule has 24 heavy (non-hydrogen) atoms. The number of amides is 1. The van der Waals surface area contributed by atoms with Crippen molar-refractivity contribution in [1.29, 1.82) is 0 Å². The van der Waals surface area contributed by atoms with Crippen molar-refractivity contribution in [2.45, 2.75) is 19.4 Å². The van der Waals surface area contributed by atoms with E-state index in [4.69, 9.17) is 11.6 Å². The Hall–Kier alpha value is -2.73. The molecule has 0 saturated carbocycles. The molecule has 0 aliphatic heterocycles. The minimum Gasteiger partial charge on any atom is -0.349 e. The van der Waals surface area contributed by atoms with Crippen molar-refractivity contribution in [1.82, 2.24) is 20.3 Å². The van der Waals surface area contributed by atoms with E-state index >= 15 is 0 Å². The van der Waals surface area contributed by atoms with Crippen LogP contribution in [0.4, 0.5) is 0 Å². The van der Waals surface area contributed by atoms with Crippen LogP contribution < -0.4 is 10.9 Å². The summed E-state index contributed by atoms with van der Waals surface area (Å²) in [5.41, 5.74) is 1.14. The summed E-state index contributed by atoms with van der Waals surface area (Å²) in [7, 11) is 0. The molecule has 122 valence electrons. The largest absolute Gasteiger partial charge is 0.349 e. The summed E-state index contributed by atoms with van der Waals surface area (Å²) < 4.78 is 0. The Bertz CT molecular complexity index is 922. The molecule has 1 amide bonds. The van der Waals surface area contributed by atoms with Crippen LogP contribution in [0.25, 0.3) is 11.0 Å². The number of fused-ring (bicyclic) bond motifs is 1. The van der Waals surface area contributed by atoms with E-state index in [1.807, 2.05) is 12.1 Å². The minimum atomic E-state index is -0.265. The standard InChI is InChI=1S/C17H15ClN4O2/c18-12-6-3-11(4-7-12)5-8-15(23)20-10-14-21-16-13(17(24)22-14)2-1-9-19-16/h1-4,6-7,9H,5,8,10H2,(H,20,23)(H,19,21,22,24). The van der Waals surface area contributed by atoms with E-state index in [1.54, 1.807) is 30.5 Å². The van der Waals surface area contributed by atoms with E-state index in [2.05, 4.69) is 20.3 Å². The molecule has 3 rings (SSSR count). The summed E-state index contributed by atoms with van der Waals surface area (Å²) >= 11 is 5.83. The Morgan fingerprint density at radius 2 is 2.00 bits per heavy atom. The van der Waals surface area contributed by atoms with Gasteiger partial charge in [0.15, 0.2) is 5.65 Å². The average Bonchev–Trinajstić information content (AvgIpc) is 2.59. The van der Waals surface area contributed by atoms with E-state index in [-0.39, 0.29) is 18.0 Å². The van der Waals surface area contributed by atoms with E-state index in [0.29, 0.717) is 34.7 Å². The number of nitrogens with zero attached hydrogens (tertiary/aromatic N) is 2. The molecule has 0 saturated heterocycles. The summed E-state index contributed by atoms with van der Waals surface area (Å²) in [5, 5.41) is 3.84. The molecule has 0 fully saturated rings. The van der Waals surface area contributed by atoms with Gasteiger partial charge >= 0.3 is 0 Å². The Balaban J connectivity index is 1.58. The summed E-state index contributed by atoms with van der Waals surface area (Å²) in [6.07, 6.45) is 2.53. The molecule has 1 aromatic carbocycles. The third-order valence-corrected chi connectivity index (χ3v) is 3.79. The lowest BCUT2D eigenvalue weighted by atomic mass is 10.1. The molecule has 7 heteroatoms. The van der Waals surface area contributed by atoms with Crippen molar-refractivity contribution in [3.8, 4) is 0 Å². The Labute approximate surface area is 142 Å². The molecular weight excluding hydrogens is 328 g/mol. The Morgan fingerprint density at radius 1 is 1.21 bits per heavy atom. The highest BCUT2D eigenvalue weighted by molar-refractivity contribution is 6.30. The molecule has 0 aliphatic rings. The summed E-state index contributed by atoms with van der Waals surface area (Å²) in [4.78, 5) is 34.8. The highest BCUT2D eigenvalue weighted by Gasteiger charge is 2.07. The molecule has 0 atom stereocenters. The highest BCUT2D eigenvalue weighted by atomic mass is 35.5. The van der Waals surface area contributed by atoms with Gasteiger partial charge in [0, 0.05) is 17.6 Å². The number of pyridine rings is 1. The predicted octanol–water partition coefficient (Wildman–Crippen LogP) is 2.22. The molecule has 0 radical (unpaired) electrons. The molecule has 0 bridgehead atoms. The topological polar surface area (TPSA) is 87.7 Å². The molecule has 0 aliphatic carbocycles. The van der Waals surface area contributed by atoms with Crippen molar-refractivity contribution in [3.05, 3.63) is 69.4 Å². The van der Waals surface area contributed by atoms with E-state index in [1.165, 1.54) is 0 Å². The fourth-order valence-electron chi connectivity index (χ4n) is 2.28. The maximum Gasteiger partial charge on any atom is 0.260 e. The van der Waals surface area contributed by atoms with E-state index < -0.39 is 0 Å². The second kappa shape index (κ2) is 7.23. The van der Waals surface area contributed by atoms with E-state index in [9.17, 15) is 9.59 Å². The van der Waals surface area contributed by atoms with Gasteiger partial charge in [-0.3, -0.25) is 9.59 Å². The van der Waals surface area contributed by atoms with Gasteiger partial charge in [-0.15, -0.1) is 0 Å². The average molecular weight is 343 g/mol. The Morgan fingerprint density at radius 3 is 2.79 bits per heavy atom. The van der Waals surface area contributed by atoms with Crippen LogP contribution in [-0.2, 0) is 17.8 Å². The normalized spacial score (nSPS) is 10.7. The fourth-order valence-corrected chi connectivity index (χ4v) is 2.41. The van der Waals surface area contributed by atoms with Crippen LogP contribution in [0, 0.1) is 0 Å². The van der Waals surface area contributed by atoms with Crippen LogP contribution >= 0.6 is 11.6 Å². The lowest BCUT2D eigenvalue weighted by molar-refractivity contribution is -0.121.